The van der Waals surface area contributed by atoms with Crippen LogP contribution >= 0.6 is 11.3 Å². The standard InChI is InChI=1S/C26H30N4O4S/c1-26(2,3)30-23(32)17-29(25(33)34)16-20-13-19(15-27-24(20)30)6-7-22(31)28-10-8-18(9-11-28)14-21-5-4-12-35-21/h4-8,12-13,15H,9-11,14,16-17H2,1-3H3,(H,33,34). The van der Waals surface area contributed by atoms with Gasteiger partial charge in [-0.2, -0.15) is 0 Å². The smallest absolute Gasteiger partial charge is 0.408 e. The van der Waals surface area contributed by atoms with Gasteiger partial charge in [0.1, 0.15) is 12.4 Å². The molecule has 0 saturated heterocycles. The highest BCUT2D eigenvalue weighted by molar-refractivity contribution is 7.09. The molecule has 3 amide bonds. The Morgan fingerprint density at radius 2 is 2.03 bits per heavy atom. The summed E-state index contributed by atoms with van der Waals surface area (Å²) in [7, 11) is 0. The largest absolute Gasteiger partial charge is 0.465 e. The number of carboxylic acid groups (broad SMARTS) is 1. The molecule has 8 nitrogen and oxygen atoms in total. The van der Waals surface area contributed by atoms with E-state index in [1.807, 2.05) is 20.8 Å². The molecular formula is C26H30N4O4S. The molecule has 35 heavy (non-hydrogen) atoms. The first-order valence-electron chi connectivity index (χ1n) is 11.6. The van der Waals surface area contributed by atoms with Gasteiger partial charge in [-0.15, -0.1) is 11.3 Å². The number of hydrogen-bond donors (Lipinski definition) is 1. The zero-order valence-electron chi connectivity index (χ0n) is 20.2. The fourth-order valence-electron chi connectivity index (χ4n) is 4.35. The fourth-order valence-corrected chi connectivity index (χ4v) is 5.11. The van der Waals surface area contributed by atoms with E-state index in [0.29, 0.717) is 30.0 Å². The van der Waals surface area contributed by atoms with Crippen molar-refractivity contribution in [2.75, 3.05) is 24.5 Å². The van der Waals surface area contributed by atoms with Crippen molar-refractivity contribution in [3.8, 4) is 0 Å². The molecule has 2 aliphatic heterocycles. The van der Waals surface area contributed by atoms with E-state index in [1.165, 1.54) is 16.5 Å². The normalized spacial score (nSPS) is 16.8. The van der Waals surface area contributed by atoms with Crippen LogP contribution in [0, 0.1) is 0 Å². The number of anilines is 1. The number of nitrogens with zero attached hydrogens (tertiary/aromatic N) is 4. The Hall–Kier alpha value is -3.46. The second-order valence-corrected chi connectivity index (χ2v) is 10.8. The molecule has 0 unspecified atom stereocenters. The van der Waals surface area contributed by atoms with Crippen LogP contribution in [-0.2, 0) is 22.6 Å². The van der Waals surface area contributed by atoms with Crippen molar-refractivity contribution in [2.45, 2.75) is 45.7 Å². The first-order valence-corrected chi connectivity index (χ1v) is 12.5. The molecule has 2 aliphatic rings. The Labute approximate surface area is 209 Å². The number of pyridine rings is 1. The van der Waals surface area contributed by atoms with Crippen LogP contribution in [0.5, 0.6) is 0 Å². The van der Waals surface area contributed by atoms with Crippen molar-refractivity contribution >= 4 is 41.1 Å². The molecule has 2 aromatic heterocycles. The summed E-state index contributed by atoms with van der Waals surface area (Å²) in [5.74, 6) is 0.0559. The first-order chi connectivity index (χ1) is 16.6. The zero-order valence-corrected chi connectivity index (χ0v) is 21.0. The van der Waals surface area contributed by atoms with E-state index in [0.717, 1.165) is 17.7 Å². The van der Waals surface area contributed by atoms with Gasteiger partial charge in [-0.3, -0.25) is 19.4 Å². The molecule has 0 spiro atoms. The van der Waals surface area contributed by atoms with Gasteiger partial charge < -0.3 is 10.0 Å². The first kappa shape index (κ1) is 24.7. The lowest BCUT2D eigenvalue weighted by Gasteiger charge is -2.34. The summed E-state index contributed by atoms with van der Waals surface area (Å²) >= 11 is 1.75. The fraction of sp³-hybridized carbons (Fsp3) is 0.385. The van der Waals surface area contributed by atoms with Gasteiger partial charge in [-0.1, -0.05) is 17.7 Å². The van der Waals surface area contributed by atoms with Gasteiger partial charge in [0, 0.05) is 47.8 Å². The molecule has 184 valence electrons. The van der Waals surface area contributed by atoms with E-state index in [1.54, 1.807) is 39.5 Å². The monoisotopic (exact) mass is 494 g/mol. The third kappa shape index (κ3) is 5.79. The minimum atomic E-state index is -1.16. The van der Waals surface area contributed by atoms with Crippen molar-refractivity contribution in [3.05, 3.63) is 63.5 Å². The average Bonchev–Trinajstić information content (AvgIpc) is 3.25. The van der Waals surface area contributed by atoms with Crippen LogP contribution in [0.15, 0.2) is 47.5 Å². The van der Waals surface area contributed by atoms with Crippen molar-refractivity contribution in [1.29, 1.82) is 0 Å². The van der Waals surface area contributed by atoms with Crippen LogP contribution < -0.4 is 4.90 Å². The Morgan fingerprint density at radius 3 is 2.66 bits per heavy atom. The number of aromatic nitrogens is 1. The minimum absolute atomic E-state index is 0.0511. The molecule has 0 radical (unpaired) electrons. The average molecular weight is 495 g/mol. The molecule has 1 N–H and O–H groups in total. The third-order valence-electron chi connectivity index (χ3n) is 6.07. The van der Waals surface area contributed by atoms with E-state index in [-0.39, 0.29) is 24.9 Å². The zero-order chi connectivity index (χ0) is 25.2. The van der Waals surface area contributed by atoms with E-state index < -0.39 is 11.6 Å². The molecule has 4 rings (SSSR count). The maximum Gasteiger partial charge on any atom is 0.408 e. The van der Waals surface area contributed by atoms with Gasteiger partial charge in [-0.05, 0) is 56.3 Å². The highest BCUT2D eigenvalue weighted by atomic mass is 32.1. The lowest BCUT2D eigenvalue weighted by atomic mass is 10.0. The summed E-state index contributed by atoms with van der Waals surface area (Å²) in [5.41, 5.74) is 2.10. The van der Waals surface area contributed by atoms with Gasteiger partial charge >= 0.3 is 6.09 Å². The van der Waals surface area contributed by atoms with Crippen molar-refractivity contribution < 1.29 is 19.5 Å². The van der Waals surface area contributed by atoms with Gasteiger partial charge in [0.05, 0.1) is 6.54 Å². The number of thiophene rings is 1. The van der Waals surface area contributed by atoms with E-state index in [9.17, 15) is 19.5 Å². The van der Waals surface area contributed by atoms with Gasteiger partial charge in [-0.25, -0.2) is 9.78 Å². The van der Waals surface area contributed by atoms with Crippen molar-refractivity contribution in [3.63, 3.8) is 0 Å². The second-order valence-electron chi connectivity index (χ2n) is 9.78. The molecule has 0 fully saturated rings. The lowest BCUT2D eigenvalue weighted by Crippen LogP contribution is -2.49. The molecule has 0 atom stereocenters. The van der Waals surface area contributed by atoms with E-state index in [4.69, 9.17) is 0 Å². The predicted molar refractivity (Wildman–Crippen MR) is 136 cm³/mol. The molecule has 0 bridgehead atoms. The van der Waals surface area contributed by atoms with Crippen molar-refractivity contribution in [1.82, 2.24) is 14.8 Å². The number of rotatable bonds is 4. The van der Waals surface area contributed by atoms with Gasteiger partial charge in [0.15, 0.2) is 0 Å². The topological polar surface area (TPSA) is 94.1 Å². The number of hydrogen-bond acceptors (Lipinski definition) is 5. The molecule has 0 aliphatic carbocycles. The van der Waals surface area contributed by atoms with Crippen LogP contribution in [0.1, 0.15) is 43.2 Å². The Morgan fingerprint density at radius 1 is 1.23 bits per heavy atom. The number of fused-ring (bicyclic) bond motifs is 1. The predicted octanol–water partition coefficient (Wildman–Crippen LogP) is 4.18. The highest BCUT2D eigenvalue weighted by Gasteiger charge is 2.36. The summed E-state index contributed by atoms with van der Waals surface area (Å²) in [6.45, 7) is 6.75. The lowest BCUT2D eigenvalue weighted by molar-refractivity contribution is -0.125. The second kappa shape index (κ2) is 10.0. The highest BCUT2D eigenvalue weighted by Crippen LogP contribution is 2.30. The Bertz CT molecular complexity index is 1180. The van der Waals surface area contributed by atoms with E-state index >= 15 is 0 Å². The van der Waals surface area contributed by atoms with Crippen molar-refractivity contribution in [2.24, 2.45) is 0 Å². The van der Waals surface area contributed by atoms with Crippen LogP contribution in [0.25, 0.3) is 6.08 Å². The third-order valence-corrected chi connectivity index (χ3v) is 6.94. The Balaban J connectivity index is 1.49. The summed E-state index contributed by atoms with van der Waals surface area (Å²) in [5, 5.41) is 11.6. The van der Waals surface area contributed by atoms with Crippen LogP contribution in [0.4, 0.5) is 10.6 Å². The van der Waals surface area contributed by atoms with Crippen LogP contribution in [0.3, 0.4) is 0 Å². The molecule has 0 aromatic carbocycles. The minimum Gasteiger partial charge on any atom is -0.465 e. The summed E-state index contributed by atoms with van der Waals surface area (Å²) < 4.78 is 0. The molecule has 9 heteroatoms. The summed E-state index contributed by atoms with van der Waals surface area (Å²) in [4.78, 5) is 47.6. The van der Waals surface area contributed by atoms with E-state index in [2.05, 4.69) is 28.6 Å². The Kier molecular flexibility index (Phi) is 7.07. The SMILES string of the molecule is CC(C)(C)N1C(=O)CN(C(=O)O)Cc2cc(C=CC(=O)N3CC=C(Cc4cccs4)CC3)cnc21. The number of carbonyl (C=O) groups excluding carboxylic acids is 2. The molecule has 0 saturated carbocycles. The van der Waals surface area contributed by atoms with Gasteiger partial charge in [0.25, 0.3) is 0 Å². The maximum absolute atomic E-state index is 12.8. The molecule has 2 aromatic rings. The number of amides is 3. The van der Waals surface area contributed by atoms with Gasteiger partial charge in [0.2, 0.25) is 11.8 Å². The quantitative estimate of drug-likeness (QED) is 0.508. The molecular weight excluding hydrogens is 464 g/mol. The number of carbonyl (C=O) groups is 3. The maximum atomic E-state index is 12.8. The summed E-state index contributed by atoms with van der Waals surface area (Å²) in [6, 6.07) is 5.99. The van der Waals surface area contributed by atoms with Crippen LogP contribution in [0.2, 0.25) is 0 Å². The van der Waals surface area contributed by atoms with Crippen LogP contribution in [-0.4, -0.2) is 63.0 Å². The molecule has 4 heterocycles. The summed E-state index contributed by atoms with van der Waals surface area (Å²) in [6.07, 6.45) is 7.61.